The summed E-state index contributed by atoms with van der Waals surface area (Å²) in [7, 11) is 4.35. The lowest BCUT2D eigenvalue weighted by atomic mass is 10.0. The molecule has 522 valence electrons. The lowest BCUT2D eigenvalue weighted by Gasteiger charge is -2.31. The van der Waals surface area contributed by atoms with E-state index < -0.39 is 84.2 Å². The van der Waals surface area contributed by atoms with Gasteiger partial charge in [-0.15, -0.1) is 0 Å². The van der Waals surface area contributed by atoms with Crippen LogP contribution in [-0.4, -0.2) is 185 Å². The number of methoxy groups -OCH3 is 3. The number of nitrogens with zero attached hydrogens (tertiary/aromatic N) is 4. The van der Waals surface area contributed by atoms with Crippen LogP contribution in [0.3, 0.4) is 0 Å². The van der Waals surface area contributed by atoms with Crippen LogP contribution in [0.2, 0.25) is 0 Å². The molecule has 4 heterocycles. The molecule has 28 nitrogen and oxygen atoms in total. The normalized spacial score (nSPS) is 17.7. The van der Waals surface area contributed by atoms with E-state index in [1.807, 2.05) is 0 Å². The zero-order chi connectivity index (χ0) is 70.4. The Kier molecular flexibility index (Phi) is 25.0. The van der Waals surface area contributed by atoms with Gasteiger partial charge in [0.15, 0.2) is 29.2 Å². The summed E-state index contributed by atoms with van der Waals surface area (Å²) >= 11 is 0. The zero-order valence-corrected chi connectivity index (χ0v) is 56.2. The van der Waals surface area contributed by atoms with Gasteiger partial charge in [-0.2, -0.15) is 0 Å². The molecule has 0 bridgehead atoms. The highest BCUT2D eigenvalue weighted by atomic mass is 16.6. The third-order valence-electron chi connectivity index (χ3n) is 16.8. The van der Waals surface area contributed by atoms with Crippen molar-refractivity contribution in [3.63, 3.8) is 0 Å². The highest BCUT2D eigenvalue weighted by molar-refractivity contribution is 6.07. The smallest absolute Gasteiger partial charge is 0.416 e. The number of ether oxygens (including phenoxy) is 8. The zero-order valence-electron chi connectivity index (χ0n) is 56.2. The quantitative estimate of drug-likeness (QED) is 0.0250. The lowest BCUT2D eigenvalue weighted by Crippen LogP contribution is -2.53. The van der Waals surface area contributed by atoms with Gasteiger partial charge in [-0.25, -0.2) is 14.5 Å². The predicted molar refractivity (Wildman–Crippen MR) is 357 cm³/mol. The van der Waals surface area contributed by atoms with Crippen LogP contribution < -0.4 is 61.1 Å². The van der Waals surface area contributed by atoms with Crippen molar-refractivity contribution in [1.82, 2.24) is 25.8 Å². The number of aliphatic hydroxyl groups excluding tert-OH is 1. The Labute approximate surface area is 563 Å². The Morgan fingerprint density at radius 2 is 1.11 bits per heavy atom. The van der Waals surface area contributed by atoms with Gasteiger partial charge in [0.2, 0.25) is 29.5 Å². The van der Waals surface area contributed by atoms with Gasteiger partial charge in [0.05, 0.1) is 94.4 Å². The van der Waals surface area contributed by atoms with Crippen LogP contribution >= 0.6 is 0 Å². The summed E-state index contributed by atoms with van der Waals surface area (Å²) < 4.78 is 46.0. The van der Waals surface area contributed by atoms with E-state index in [-0.39, 0.29) is 141 Å². The molecule has 0 aliphatic carbocycles. The van der Waals surface area contributed by atoms with E-state index in [0.717, 1.165) is 10.5 Å². The minimum atomic E-state index is -1.58. The van der Waals surface area contributed by atoms with Crippen LogP contribution in [0.5, 0.6) is 23.0 Å². The number of benzene rings is 4. The van der Waals surface area contributed by atoms with Gasteiger partial charge in [0, 0.05) is 56.5 Å². The number of fused-ring (bicyclic) bond motifs is 4. The summed E-state index contributed by atoms with van der Waals surface area (Å²) in [5.41, 5.74) is 9.74. The molecule has 4 aromatic carbocycles. The molecular weight excluding hydrogens is 1260 g/mol. The van der Waals surface area contributed by atoms with Crippen LogP contribution in [0.25, 0.3) is 0 Å². The van der Waals surface area contributed by atoms with Crippen LogP contribution in [0.1, 0.15) is 99.1 Å². The number of anilines is 4. The highest BCUT2D eigenvalue weighted by Crippen LogP contribution is 2.43. The average Bonchev–Trinajstić information content (AvgIpc) is 1.51. The number of amides is 9. The molecule has 8 rings (SSSR count). The Bertz CT molecular complexity index is 3580. The molecule has 9 amide bonds. The molecule has 28 heteroatoms. The highest BCUT2D eigenvalue weighted by Gasteiger charge is 2.47. The number of nitrogens with one attached hydrogen (secondary N) is 5. The van der Waals surface area contributed by atoms with Crippen molar-refractivity contribution in [2.45, 2.75) is 123 Å². The van der Waals surface area contributed by atoms with Gasteiger partial charge in [0.25, 0.3) is 11.8 Å². The van der Waals surface area contributed by atoms with Crippen molar-refractivity contribution in [3.8, 4) is 23.0 Å². The van der Waals surface area contributed by atoms with E-state index in [4.69, 9.17) is 43.6 Å². The standard InChI is InChI=1S/C69H88N10O18/c1-38(2)59(70)63(83)71-42(7)61(81)73-46-19-15-45(16-20-46)37-97-69(89)79-52-32-57(55(92-11)30-50(52)66(86)77-34-41(6)28-53(77)67(79)87)95-23-12-22-94-56-31-51-49(29-54(56)91-10)65(85)76-33-40(5)27-48(76)35-78(51)68(88)96-36-44-13-17-47(18-14-44)74-62(82)43(8)72-64(84)60(39(3)4)75-58(80)21-24-93-26-25-90-9/h13-20,29-32,38-39,42-43,48,53,59-60,67,87H,5-6,12,21-28,33-37,70H2,1-4,7-11H3,(H,71,83)(H,72,84)(H,73,81)(H,74,82)(H,75,80)/t42-,43-,48-,53-,59-,60-,67-/m0/s1. The molecule has 0 unspecified atom stereocenters. The lowest BCUT2D eigenvalue weighted by molar-refractivity contribution is -0.132. The Morgan fingerprint density at radius 1 is 0.598 bits per heavy atom. The molecule has 2 fully saturated rings. The molecule has 7 atom stereocenters. The Balaban J connectivity index is 0.902. The van der Waals surface area contributed by atoms with Crippen molar-refractivity contribution < 1.29 is 86.2 Å². The first-order valence-corrected chi connectivity index (χ1v) is 32.1. The number of carbonyl (C=O) groups is 9. The molecule has 0 spiro atoms. The summed E-state index contributed by atoms with van der Waals surface area (Å²) in [6.07, 6.45) is -2.40. The molecule has 4 aromatic rings. The van der Waals surface area contributed by atoms with Gasteiger partial charge in [-0.1, -0.05) is 76.3 Å². The molecule has 0 aromatic heterocycles. The first-order chi connectivity index (χ1) is 46.3. The van der Waals surface area contributed by atoms with Crippen molar-refractivity contribution in [3.05, 3.63) is 119 Å². The minimum Gasteiger partial charge on any atom is -0.493 e. The Hall–Kier alpha value is -9.77. The number of carbonyl (C=O) groups excluding carboxylic acids is 9. The fourth-order valence-corrected chi connectivity index (χ4v) is 11.3. The van der Waals surface area contributed by atoms with Crippen LogP contribution in [-0.2, 0) is 56.1 Å². The Morgan fingerprint density at radius 3 is 1.66 bits per heavy atom. The van der Waals surface area contributed by atoms with Gasteiger partial charge >= 0.3 is 12.2 Å². The number of aliphatic hydroxyl groups is 1. The number of hydrogen-bond donors (Lipinski definition) is 7. The maximum absolute atomic E-state index is 14.3. The third kappa shape index (κ3) is 18.2. The van der Waals surface area contributed by atoms with Crippen LogP contribution in [0, 0.1) is 11.8 Å². The molecule has 97 heavy (non-hydrogen) atoms. The van der Waals surface area contributed by atoms with E-state index in [1.54, 1.807) is 94.3 Å². The third-order valence-corrected chi connectivity index (χ3v) is 16.8. The number of nitrogens with two attached hydrogens (primary N) is 1. The number of hydrogen-bond acceptors (Lipinski definition) is 19. The topological polar surface area (TPSA) is 347 Å². The summed E-state index contributed by atoms with van der Waals surface area (Å²) in [6, 6.07) is 14.1. The molecule has 0 saturated carbocycles. The molecule has 2 saturated heterocycles. The second-order valence-electron chi connectivity index (χ2n) is 24.8. The van der Waals surface area contributed by atoms with E-state index in [2.05, 4.69) is 39.7 Å². The van der Waals surface area contributed by atoms with Gasteiger partial charge < -0.3 is 85.1 Å². The van der Waals surface area contributed by atoms with E-state index in [9.17, 15) is 48.3 Å². The maximum Gasteiger partial charge on any atom is 0.416 e. The summed E-state index contributed by atoms with van der Waals surface area (Å²) in [5.74, 6) is -2.92. The largest absolute Gasteiger partial charge is 0.493 e. The van der Waals surface area contributed by atoms with Crippen LogP contribution in [0.4, 0.5) is 32.3 Å². The van der Waals surface area contributed by atoms with Gasteiger partial charge in [-0.3, -0.25) is 38.5 Å². The van der Waals surface area contributed by atoms with Crippen molar-refractivity contribution in [1.29, 1.82) is 0 Å². The van der Waals surface area contributed by atoms with Crippen LogP contribution in [0.15, 0.2) is 97.1 Å². The SMILES string of the molecule is C=C1C[C@H]2CN(C(=O)OCc3ccc(NC(=O)[C@H](C)NC(=O)[C@@H](NC(=O)CCOCCOC)C(C)C)cc3)c3cc(OCCCOc4cc5c(cc4OC)C(=O)N4CC(=C)C[C@H]4[C@H](O)N5C(=O)OCc4ccc(NC(=O)[C@H](C)NC(=O)[C@@H](N)C(C)C)cc4)c(OC)cc3C(=O)N2C1. The predicted octanol–water partition coefficient (Wildman–Crippen LogP) is 5.79. The summed E-state index contributed by atoms with van der Waals surface area (Å²) in [4.78, 5) is 127. The number of rotatable bonds is 29. The first-order valence-electron chi connectivity index (χ1n) is 32.1. The fraction of sp³-hybridized carbons (Fsp3) is 0.464. The summed E-state index contributed by atoms with van der Waals surface area (Å²) in [5, 5.41) is 25.5. The monoisotopic (exact) mass is 1340 g/mol. The fourth-order valence-electron chi connectivity index (χ4n) is 11.3. The molecule has 4 aliphatic heterocycles. The maximum atomic E-state index is 14.3. The summed E-state index contributed by atoms with van der Waals surface area (Å²) in [6.45, 7) is 19.3. The molecule has 0 radical (unpaired) electrons. The second kappa shape index (κ2) is 33.3. The van der Waals surface area contributed by atoms with Crippen molar-refractivity contribution >= 4 is 76.3 Å². The van der Waals surface area contributed by atoms with Crippen molar-refractivity contribution in [2.75, 3.05) is 94.4 Å². The van der Waals surface area contributed by atoms with Gasteiger partial charge in [-0.05, 0) is 86.1 Å². The van der Waals surface area contributed by atoms with Gasteiger partial charge in [0.1, 0.15) is 31.3 Å². The van der Waals surface area contributed by atoms with Crippen molar-refractivity contribution in [2.24, 2.45) is 17.6 Å². The molecule has 4 aliphatic rings. The van der Waals surface area contributed by atoms with E-state index in [1.165, 1.54) is 56.1 Å². The molecule has 8 N–H and O–H groups in total. The second-order valence-corrected chi connectivity index (χ2v) is 24.8. The average molecular weight is 1350 g/mol. The van der Waals surface area contributed by atoms with E-state index in [0.29, 0.717) is 47.7 Å². The molecular formula is C69H88N10O18. The van der Waals surface area contributed by atoms with E-state index >= 15 is 0 Å². The first kappa shape index (κ1) is 73.0. The minimum absolute atomic E-state index is 0.00649.